The number of nitrogens with two attached hydrogens (primary N) is 1. The van der Waals surface area contributed by atoms with Crippen molar-refractivity contribution in [1.29, 1.82) is 5.26 Å². The zero-order valence-corrected chi connectivity index (χ0v) is 10.2. The lowest BCUT2D eigenvalue weighted by atomic mass is 9.80. The number of anilines is 1. The molecule has 4 nitrogen and oxygen atoms in total. The van der Waals surface area contributed by atoms with Crippen LogP contribution in [0, 0.1) is 17.2 Å². The molecule has 2 rings (SSSR count). The lowest BCUT2D eigenvalue weighted by molar-refractivity contribution is 0.312. The van der Waals surface area contributed by atoms with E-state index in [-0.39, 0.29) is 0 Å². The number of hydrogen-bond acceptors (Lipinski definition) is 4. The van der Waals surface area contributed by atoms with Crippen molar-refractivity contribution >= 4 is 5.82 Å². The van der Waals surface area contributed by atoms with E-state index in [0.717, 1.165) is 24.6 Å². The Kier molecular flexibility index (Phi) is 3.58. The summed E-state index contributed by atoms with van der Waals surface area (Å²) >= 11 is 0. The molecule has 0 atom stereocenters. The van der Waals surface area contributed by atoms with E-state index in [1.165, 1.54) is 19.3 Å². The normalized spacial score (nSPS) is 24.2. The lowest BCUT2D eigenvalue weighted by Crippen LogP contribution is -2.15. The predicted octanol–water partition coefficient (Wildman–Crippen LogP) is 2.61. The van der Waals surface area contributed by atoms with Crippen LogP contribution in [0.5, 0.6) is 0 Å². The van der Waals surface area contributed by atoms with Crippen LogP contribution in [0.1, 0.15) is 56.3 Å². The van der Waals surface area contributed by atoms with Gasteiger partial charge in [0.2, 0.25) is 0 Å². The number of nitrogen functional groups attached to an aromatic ring is 1. The van der Waals surface area contributed by atoms with Crippen LogP contribution in [-0.2, 0) is 0 Å². The maximum Gasteiger partial charge on any atom is 0.145 e. The van der Waals surface area contributed by atoms with Crippen LogP contribution in [0.25, 0.3) is 0 Å². The van der Waals surface area contributed by atoms with Crippen LogP contribution in [-0.4, -0.2) is 9.97 Å². The second-order valence-corrected chi connectivity index (χ2v) is 4.76. The van der Waals surface area contributed by atoms with Crippen LogP contribution in [0.15, 0.2) is 6.20 Å². The van der Waals surface area contributed by atoms with Gasteiger partial charge < -0.3 is 5.73 Å². The predicted molar refractivity (Wildman–Crippen MR) is 66.1 cm³/mol. The van der Waals surface area contributed by atoms with Gasteiger partial charge in [-0.05, 0) is 31.6 Å². The van der Waals surface area contributed by atoms with Crippen molar-refractivity contribution in [1.82, 2.24) is 9.97 Å². The largest absolute Gasteiger partial charge is 0.382 e. The van der Waals surface area contributed by atoms with E-state index in [1.807, 2.05) is 6.07 Å². The molecule has 0 unspecified atom stereocenters. The fraction of sp³-hybridized carbons (Fsp3) is 0.615. The minimum atomic E-state index is 0.315. The molecule has 0 saturated heterocycles. The molecule has 90 valence electrons. The molecule has 1 aromatic rings. The zero-order valence-electron chi connectivity index (χ0n) is 10.2. The maximum atomic E-state index is 8.78. The first kappa shape index (κ1) is 11.8. The van der Waals surface area contributed by atoms with Gasteiger partial charge in [-0.2, -0.15) is 5.26 Å². The Labute approximate surface area is 102 Å². The Morgan fingerprint density at radius 2 is 2.12 bits per heavy atom. The SMILES string of the molecule is CCC1CCC(c2ncc(C#N)c(N)n2)CC1. The number of nitrogens with zero attached hydrogens (tertiary/aromatic N) is 3. The molecule has 1 fully saturated rings. The number of aromatic nitrogens is 2. The van der Waals surface area contributed by atoms with E-state index in [9.17, 15) is 0 Å². The Morgan fingerprint density at radius 1 is 1.41 bits per heavy atom. The molecule has 1 heterocycles. The van der Waals surface area contributed by atoms with Crippen molar-refractivity contribution in [3.63, 3.8) is 0 Å². The quantitative estimate of drug-likeness (QED) is 0.847. The average molecular weight is 230 g/mol. The van der Waals surface area contributed by atoms with Crippen LogP contribution in [0.3, 0.4) is 0 Å². The molecule has 1 saturated carbocycles. The van der Waals surface area contributed by atoms with Crippen molar-refractivity contribution in [3.05, 3.63) is 17.6 Å². The van der Waals surface area contributed by atoms with Gasteiger partial charge in [0.25, 0.3) is 0 Å². The van der Waals surface area contributed by atoms with E-state index < -0.39 is 0 Å². The van der Waals surface area contributed by atoms with Crippen LogP contribution in [0.2, 0.25) is 0 Å². The smallest absolute Gasteiger partial charge is 0.145 e. The Hall–Kier alpha value is -1.63. The van der Waals surface area contributed by atoms with E-state index in [0.29, 0.717) is 17.3 Å². The van der Waals surface area contributed by atoms with Crippen LogP contribution in [0.4, 0.5) is 5.82 Å². The zero-order chi connectivity index (χ0) is 12.3. The molecule has 0 aromatic carbocycles. The van der Waals surface area contributed by atoms with Crippen molar-refractivity contribution < 1.29 is 0 Å². The number of nitriles is 1. The molecule has 0 radical (unpaired) electrons. The number of hydrogen-bond donors (Lipinski definition) is 1. The second kappa shape index (κ2) is 5.13. The summed E-state index contributed by atoms with van der Waals surface area (Å²) in [5, 5.41) is 8.78. The summed E-state index contributed by atoms with van der Waals surface area (Å²) in [5.74, 6) is 2.42. The van der Waals surface area contributed by atoms with E-state index in [1.54, 1.807) is 6.20 Å². The van der Waals surface area contributed by atoms with Crippen LogP contribution >= 0.6 is 0 Å². The van der Waals surface area contributed by atoms with E-state index >= 15 is 0 Å². The summed E-state index contributed by atoms with van der Waals surface area (Å²) in [7, 11) is 0. The van der Waals surface area contributed by atoms with Crippen molar-refractivity contribution in [2.24, 2.45) is 5.92 Å². The van der Waals surface area contributed by atoms with Gasteiger partial charge in [0, 0.05) is 5.92 Å². The molecular weight excluding hydrogens is 212 g/mol. The highest BCUT2D eigenvalue weighted by Gasteiger charge is 2.23. The Morgan fingerprint density at radius 3 is 2.65 bits per heavy atom. The van der Waals surface area contributed by atoms with Gasteiger partial charge >= 0.3 is 0 Å². The van der Waals surface area contributed by atoms with Crippen molar-refractivity contribution in [2.75, 3.05) is 5.73 Å². The average Bonchev–Trinajstić information content (AvgIpc) is 2.39. The fourth-order valence-corrected chi connectivity index (χ4v) is 2.52. The Bertz CT molecular complexity index is 428. The van der Waals surface area contributed by atoms with Gasteiger partial charge in [-0.25, -0.2) is 9.97 Å². The first-order chi connectivity index (χ1) is 8.24. The van der Waals surface area contributed by atoms with Gasteiger partial charge in [-0.3, -0.25) is 0 Å². The second-order valence-electron chi connectivity index (χ2n) is 4.76. The van der Waals surface area contributed by atoms with Gasteiger partial charge in [-0.15, -0.1) is 0 Å². The first-order valence-electron chi connectivity index (χ1n) is 6.27. The van der Waals surface area contributed by atoms with Crippen molar-refractivity contribution in [3.8, 4) is 6.07 Å². The molecule has 0 aliphatic heterocycles. The molecule has 0 spiro atoms. The number of rotatable bonds is 2. The summed E-state index contributed by atoms with van der Waals surface area (Å²) in [6, 6.07) is 1.99. The van der Waals surface area contributed by atoms with Gasteiger partial charge in [0.15, 0.2) is 0 Å². The third-order valence-corrected chi connectivity index (χ3v) is 3.75. The molecule has 1 aromatic heterocycles. The monoisotopic (exact) mass is 230 g/mol. The minimum Gasteiger partial charge on any atom is -0.382 e. The molecular formula is C13H18N4. The molecule has 1 aliphatic rings. The van der Waals surface area contributed by atoms with Gasteiger partial charge in [-0.1, -0.05) is 13.3 Å². The molecule has 2 N–H and O–H groups in total. The summed E-state index contributed by atoms with van der Waals surface area (Å²) in [6.07, 6.45) is 7.61. The highest BCUT2D eigenvalue weighted by molar-refractivity contribution is 5.46. The molecule has 0 amide bonds. The summed E-state index contributed by atoms with van der Waals surface area (Å²) in [4.78, 5) is 8.53. The standard InChI is InChI=1S/C13H18N4/c1-2-9-3-5-10(6-4-9)13-16-8-11(7-14)12(15)17-13/h8-10H,2-6H2,1H3,(H2,15,16,17). The third kappa shape index (κ3) is 2.55. The van der Waals surface area contributed by atoms with E-state index in [4.69, 9.17) is 11.0 Å². The molecule has 4 heteroatoms. The highest BCUT2D eigenvalue weighted by Crippen LogP contribution is 2.35. The highest BCUT2D eigenvalue weighted by atomic mass is 14.9. The first-order valence-corrected chi connectivity index (χ1v) is 6.27. The van der Waals surface area contributed by atoms with Gasteiger partial charge in [0.1, 0.15) is 23.3 Å². The molecule has 1 aliphatic carbocycles. The van der Waals surface area contributed by atoms with Crippen molar-refractivity contribution in [2.45, 2.75) is 44.9 Å². The summed E-state index contributed by atoms with van der Waals surface area (Å²) in [6.45, 7) is 2.25. The molecule has 17 heavy (non-hydrogen) atoms. The summed E-state index contributed by atoms with van der Waals surface area (Å²) < 4.78 is 0. The minimum absolute atomic E-state index is 0.315. The Balaban J connectivity index is 2.09. The van der Waals surface area contributed by atoms with E-state index in [2.05, 4.69) is 16.9 Å². The third-order valence-electron chi connectivity index (χ3n) is 3.75. The maximum absolute atomic E-state index is 8.78. The lowest BCUT2D eigenvalue weighted by Gasteiger charge is -2.26. The summed E-state index contributed by atoms with van der Waals surface area (Å²) in [5.41, 5.74) is 6.09. The van der Waals surface area contributed by atoms with Crippen LogP contribution < -0.4 is 5.73 Å². The van der Waals surface area contributed by atoms with Gasteiger partial charge in [0.05, 0.1) is 6.20 Å². The molecule has 0 bridgehead atoms. The topological polar surface area (TPSA) is 75.6 Å². The fourth-order valence-electron chi connectivity index (χ4n) is 2.52.